The van der Waals surface area contributed by atoms with Crippen molar-refractivity contribution in [3.8, 4) is 5.75 Å². The van der Waals surface area contributed by atoms with Crippen LogP contribution < -0.4 is 4.74 Å². The molecule has 0 radical (unpaired) electrons. The summed E-state index contributed by atoms with van der Waals surface area (Å²) in [5, 5.41) is 2.08. The minimum absolute atomic E-state index is 0.0433. The molecular formula is C27H29BrN2O3S. The molecule has 1 aliphatic heterocycles. The number of thiophene rings is 1. The van der Waals surface area contributed by atoms with Crippen LogP contribution in [0.15, 0.2) is 70.5 Å². The predicted molar refractivity (Wildman–Crippen MR) is 139 cm³/mol. The Balaban J connectivity index is 1.55. The Morgan fingerprint density at radius 2 is 1.97 bits per heavy atom. The molecule has 0 unspecified atom stereocenters. The van der Waals surface area contributed by atoms with Crippen LogP contribution in [0.25, 0.3) is 0 Å². The molecule has 0 bridgehead atoms. The van der Waals surface area contributed by atoms with E-state index >= 15 is 0 Å². The summed E-state index contributed by atoms with van der Waals surface area (Å²) in [5.74, 6) is 0.597. The number of fused-ring (bicyclic) bond motifs is 1. The first-order chi connectivity index (χ1) is 16.5. The van der Waals surface area contributed by atoms with Gasteiger partial charge in [-0.05, 0) is 67.1 Å². The van der Waals surface area contributed by atoms with Crippen molar-refractivity contribution in [2.45, 2.75) is 38.8 Å². The number of hydrogen-bond acceptors (Lipinski definition) is 4. The van der Waals surface area contributed by atoms with Gasteiger partial charge in [-0.1, -0.05) is 47.1 Å². The molecule has 3 aromatic rings. The lowest BCUT2D eigenvalue weighted by Crippen LogP contribution is -2.49. The fourth-order valence-corrected chi connectivity index (χ4v) is 5.57. The maximum Gasteiger partial charge on any atom is 0.254 e. The molecule has 2 aromatic carbocycles. The van der Waals surface area contributed by atoms with Crippen LogP contribution in [-0.4, -0.2) is 47.4 Å². The quantitative estimate of drug-likeness (QED) is 0.354. The Hall–Kier alpha value is -2.64. The number of benzene rings is 2. The number of carbonyl (C=O) groups excluding carboxylic acids is 2. The summed E-state index contributed by atoms with van der Waals surface area (Å²) in [4.78, 5) is 31.9. The van der Waals surface area contributed by atoms with Crippen LogP contribution in [0.5, 0.6) is 5.75 Å². The first-order valence-corrected chi connectivity index (χ1v) is 13.2. The number of para-hydroxylation sites is 1. The van der Waals surface area contributed by atoms with E-state index in [2.05, 4.69) is 27.4 Å². The molecule has 34 heavy (non-hydrogen) atoms. The molecule has 2 heterocycles. The molecule has 2 amide bonds. The van der Waals surface area contributed by atoms with E-state index in [4.69, 9.17) is 4.74 Å². The van der Waals surface area contributed by atoms with Gasteiger partial charge in [0.25, 0.3) is 5.91 Å². The van der Waals surface area contributed by atoms with Gasteiger partial charge in [0, 0.05) is 27.5 Å². The zero-order valence-corrected chi connectivity index (χ0v) is 21.8. The average molecular weight is 542 g/mol. The van der Waals surface area contributed by atoms with Gasteiger partial charge in [-0.2, -0.15) is 0 Å². The van der Waals surface area contributed by atoms with Gasteiger partial charge >= 0.3 is 0 Å². The van der Waals surface area contributed by atoms with E-state index in [0.29, 0.717) is 18.7 Å². The van der Waals surface area contributed by atoms with E-state index in [1.165, 1.54) is 4.88 Å². The highest BCUT2D eigenvalue weighted by Gasteiger charge is 2.34. The zero-order valence-electron chi connectivity index (χ0n) is 19.4. The van der Waals surface area contributed by atoms with Gasteiger partial charge in [0.1, 0.15) is 18.9 Å². The van der Waals surface area contributed by atoms with Gasteiger partial charge in [-0.25, -0.2) is 0 Å². The van der Waals surface area contributed by atoms with Crippen molar-refractivity contribution in [1.29, 1.82) is 0 Å². The third-order valence-electron chi connectivity index (χ3n) is 6.33. The summed E-state index contributed by atoms with van der Waals surface area (Å²) in [6, 6.07) is 18.9. The monoisotopic (exact) mass is 540 g/mol. The first-order valence-electron chi connectivity index (χ1n) is 11.6. The second-order valence-electron chi connectivity index (χ2n) is 8.48. The topological polar surface area (TPSA) is 49.9 Å². The highest BCUT2D eigenvalue weighted by atomic mass is 79.9. The van der Waals surface area contributed by atoms with Crippen molar-refractivity contribution in [1.82, 2.24) is 9.80 Å². The van der Waals surface area contributed by atoms with Crippen molar-refractivity contribution < 1.29 is 14.3 Å². The van der Waals surface area contributed by atoms with Crippen molar-refractivity contribution in [2.75, 3.05) is 19.7 Å². The molecule has 7 heteroatoms. The normalized spacial score (nSPS) is 16.0. The molecular weight excluding hydrogens is 512 g/mol. The standard InChI is InChI=1S/C27H29BrN2O3S/c1-3-19(2)30(27(32)20-8-7-9-21(28)16-20)17-26(31)29-14-12-25-23(13-15-34-25)24(29)18-33-22-10-5-4-6-11-22/h4-11,13,15-16,19,24H,3,12,14,17-18H2,1-2H3/t19-,24-/m0/s1. The molecule has 0 spiro atoms. The fourth-order valence-electron chi connectivity index (χ4n) is 4.24. The van der Waals surface area contributed by atoms with E-state index in [9.17, 15) is 9.59 Å². The van der Waals surface area contributed by atoms with E-state index in [1.54, 1.807) is 28.4 Å². The third-order valence-corrected chi connectivity index (χ3v) is 7.82. The Bertz CT molecular complexity index is 1130. The molecule has 2 atom stereocenters. The molecule has 5 nitrogen and oxygen atoms in total. The van der Waals surface area contributed by atoms with Crippen LogP contribution in [0.1, 0.15) is 47.1 Å². The Morgan fingerprint density at radius 1 is 1.18 bits per heavy atom. The Labute approximate surface area is 213 Å². The van der Waals surface area contributed by atoms with Crippen molar-refractivity contribution in [3.05, 3.63) is 86.5 Å². The molecule has 1 aromatic heterocycles. The zero-order chi connectivity index (χ0) is 24.1. The minimum atomic E-state index is -0.178. The second kappa shape index (κ2) is 11.2. The number of carbonyl (C=O) groups is 2. The number of hydrogen-bond donors (Lipinski definition) is 0. The molecule has 0 aliphatic carbocycles. The molecule has 1 aliphatic rings. The van der Waals surface area contributed by atoms with Crippen LogP contribution in [0.3, 0.4) is 0 Å². The molecule has 0 saturated carbocycles. The van der Waals surface area contributed by atoms with E-state index < -0.39 is 0 Å². The molecule has 0 fully saturated rings. The highest BCUT2D eigenvalue weighted by molar-refractivity contribution is 9.10. The number of rotatable bonds is 8. The second-order valence-corrected chi connectivity index (χ2v) is 10.4. The van der Waals surface area contributed by atoms with Gasteiger partial charge in [0.2, 0.25) is 5.91 Å². The molecule has 0 saturated heterocycles. The highest BCUT2D eigenvalue weighted by Crippen LogP contribution is 2.34. The number of nitrogens with zero attached hydrogens (tertiary/aromatic N) is 2. The summed E-state index contributed by atoms with van der Waals surface area (Å²) in [6.45, 7) is 5.07. The van der Waals surface area contributed by atoms with Crippen LogP contribution in [0, 0.1) is 0 Å². The van der Waals surface area contributed by atoms with Crippen LogP contribution in [0.2, 0.25) is 0 Å². The number of amides is 2. The van der Waals surface area contributed by atoms with Gasteiger partial charge in [-0.15, -0.1) is 11.3 Å². The van der Waals surface area contributed by atoms with E-state index in [1.807, 2.05) is 61.2 Å². The summed E-state index contributed by atoms with van der Waals surface area (Å²) in [5.41, 5.74) is 1.72. The van der Waals surface area contributed by atoms with Crippen LogP contribution in [0.4, 0.5) is 0 Å². The Morgan fingerprint density at radius 3 is 2.71 bits per heavy atom. The third kappa shape index (κ3) is 5.53. The van der Waals surface area contributed by atoms with E-state index in [-0.39, 0.29) is 30.4 Å². The van der Waals surface area contributed by atoms with Gasteiger partial charge in [0.15, 0.2) is 0 Å². The maximum absolute atomic E-state index is 13.7. The number of ether oxygens (including phenoxy) is 1. The van der Waals surface area contributed by atoms with Crippen molar-refractivity contribution >= 4 is 39.1 Å². The lowest BCUT2D eigenvalue weighted by Gasteiger charge is -2.38. The summed E-state index contributed by atoms with van der Waals surface area (Å²) < 4.78 is 6.92. The maximum atomic E-state index is 13.7. The van der Waals surface area contributed by atoms with Crippen LogP contribution >= 0.6 is 27.3 Å². The average Bonchev–Trinajstić information content (AvgIpc) is 3.34. The van der Waals surface area contributed by atoms with Crippen molar-refractivity contribution in [3.63, 3.8) is 0 Å². The summed E-state index contributed by atoms with van der Waals surface area (Å²) in [6.07, 6.45) is 1.59. The van der Waals surface area contributed by atoms with E-state index in [0.717, 1.165) is 28.6 Å². The first kappa shape index (κ1) is 24.5. The molecule has 0 N–H and O–H groups in total. The SMILES string of the molecule is CC[C@H](C)N(CC(=O)N1CCc2sccc2[C@@H]1COc1ccccc1)C(=O)c1cccc(Br)c1. The smallest absolute Gasteiger partial charge is 0.254 e. The Kier molecular flexibility index (Phi) is 8.06. The minimum Gasteiger partial charge on any atom is -0.491 e. The largest absolute Gasteiger partial charge is 0.491 e. The summed E-state index contributed by atoms with van der Waals surface area (Å²) in [7, 11) is 0. The summed E-state index contributed by atoms with van der Waals surface area (Å²) >= 11 is 5.17. The van der Waals surface area contributed by atoms with Gasteiger partial charge in [-0.3, -0.25) is 9.59 Å². The molecule has 4 rings (SSSR count). The predicted octanol–water partition coefficient (Wildman–Crippen LogP) is 5.96. The number of halogens is 1. The van der Waals surface area contributed by atoms with Crippen molar-refractivity contribution in [2.24, 2.45) is 0 Å². The lowest BCUT2D eigenvalue weighted by atomic mass is 10.00. The molecule has 178 valence electrons. The van der Waals surface area contributed by atoms with Crippen LogP contribution in [-0.2, 0) is 11.2 Å². The van der Waals surface area contributed by atoms with Gasteiger partial charge < -0.3 is 14.5 Å². The lowest BCUT2D eigenvalue weighted by molar-refractivity contribution is -0.136. The van der Waals surface area contributed by atoms with Gasteiger partial charge in [0.05, 0.1) is 6.04 Å². The fraction of sp³-hybridized carbons (Fsp3) is 0.333.